The molecule has 1 aliphatic rings. The van der Waals surface area contributed by atoms with Crippen molar-refractivity contribution in [3.63, 3.8) is 0 Å². The normalized spacial score (nSPS) is 18.1. The Hall–Kier alpha value is -1.09. The molecule has 0 spiro atoms. The maximum absolute atomic E-state index is 12.5. The average Bonchev–Trinajstić information content (AvgIpc) is 2.46. The molecule has 1 aromatic carbocycles. The smallest absolute Gasteiger partial charge is 0.229 e. The van der Waals surface area contributed by atoms with E-state index in [1.165, 1.54) is 0 Å². The van der Waals surface area contributed by atoms with Crippen LogP contribution in [0.25, 0.3) is 0 Å². The van der Waals surface area contributed by atoms with Crippen LogP contribution in [0.3, 0.4) is 0 Å². The predicted octanol–water partition coefficient (Wildman–Crippen LogP) is 3.98. The van der Waals surface area contributed by atoms with Crippen LogP contribution in [-0.2, 0) is 4.79 Å². The van der Waals surface area contributed by atoms with E-state index in [0.717, 1.165) is 36.0 Å². The molecule has 1 aromatic rings. The van der Waals surface area contributed by atoms with Gasteiger partial charge < -0.3 is 4.90 Å². The molecule has 19 heavy (non-hydrogen) atoms. The molecule has 0 bridgehead atoms. The fourth-order valence-corrected chi connectivity index (χ4v) is 2.79. The van der Waals surface area contributed by atoms with E-state index in [4.69, 9.17) is 0 Å². The van der Waals surface area contributed by atoms with Gasteiger partial charge in [0.2, 0.25) is 5.91 Å². The highest BCUT2D eigenvalue weighted by Gasteiger charge is 2.25. The number of halogens is 1. The van der Waals surface area contributed by atoms with Crippen LogP contribution in [0.4, 0.5) is 0 Å². The van der Waals surface area contributed by atoms with E-state index < -0.39 is 0 Å². The van der Waals surface area contributed by atoms with Crippen LogP contribution in [0.1, 0.15) is 31.2 Å². The monoisotopic (exact) mass is 321 g/mol. The van der Waals surface area contributed by atoms with Crippen LogP contribution in [0.2, 0.25) is 0 Å². The third-order valence-electron chi connectivity index (χ3n) is 3.93. The number of likely N-dealkylation sites (tertiary alicyclic amines) is 1. The number of carbonyl (C=O) groups is 1. The molecule has 0 unspecified atom stereocenters. The van der Waals surface area contributed by atoms with Crippen LogP contribution in [-0.4, -0.2) is 23.9 Å². The first kappa shape index (κ1) is 14.3. The number of carbonyl (C=O) groups excluding carboxylic acids is 1. The van der Waals surface area contributed by atoms with Gasteiger partial charge in [-0.25, -0.2) is 0 Å². The lowest BCUT2D eigenvalue weighted by Gasteiger charge is -2.32. The third-order valence-corrected chi connectivity index (χ3v) is 4.45. The highest BCUT2D eigenvalue weighted by molar-refractivity contribution is 9.10. The van der Waals surface area contributed by atoms with Gasteiger partial charge in [-0.05, 0) is 43.4 Å². The fraction of sp³-hybridized carbons (Fsp3) is 0.438. The summed E-state index contributed by atoms with van der Waals surface area (Å²) in [6, 6.07) is 8.01. The lowest BCUT2D eigenvalue weighted by atomic mass is 9.94. The summed E-state index contributed by atoms with van der Waals surface area (Å²) in [6.07, 6.45) is 4.10. The van der Waals surface area contributed by atoms with Crippen molar-refractivity contribution in [1.29, 1.82) is 0 Å². The number of amides is 1. The number of piperidine rings is 1. The first-order valence-corrected chi connectivity index (χ1v) is 7.58. The molecule has 1 saturated heterocycles. The summed E-state index contributed by atoms with van der Waals surface area (Å²) in [4.78, 5) is 14.5. The van der Waals surface area contributed by atoms with Crippen molar-refractivity contribution < 1.29 is 4.79 Å². The van der Waals surface area contributed by atoms with Crippen LogP contribution in [0.15, 0.2) is 41.4 Å². The second-order valence-electron chi connectivity index (χ2n) is 5.17. The summed E-state index contributed by atoms with van der Waals surface area (Å²) in [6.45, 7) is 7.54. The fourth-order valence-electron chi connectivity index (χ4n) is 2.52. The van der Waals surface area contributed by atoms with Gasteiger partial charge in [0.15, 0.2) is 0 Å². The second-order valence-corrected chi connectivity index (χ2v) is 6.09. The van der Waals surface area contributed by atoms with Crippen LogP contribution < -0.4 is 0 Å². The molecular weight excluding hydrogens is 302 g/mol. The van der Waals surface area contributed by atoms with E-state index in [2.05, 4.69) is 22.5 Å². The van der Waals surface area contributed by atoms with Gasteiger partial charge in [-0.3, -0.25) is 4.79 Å². The average molecular weight is 322 g/mol. The Morgan fingerprint density at radius 2 is 1.95 bits per heavy atom. The Morgan fingerprint density at radius 1 is 1.37 bits per heavy atom. The molecule has 3 heteroatoms. The second kappa shape index (κ2) is 6.38. The van der Waals surface area contributed by atoms with Gasteiger partial charge in [-0.15, -0.1) is 6.58 Å². The minimum absolute atomic E-state index is 0.0617. The Kier molecular flexibility index (Phi) is 4.81. The van der Waals surface area contributed by atoms with Crippen molar-refractivity contribution in [1.82, 2.24) is 4.90 Å². The first-order valence-electron chi connectivity index (χ1n) is 6.78. The third kappa shape index (κ3) is 3.47. The standard InChI is InChI=1S/C16H20BrNO/c1-3-13-8-10-18(11-9-13)16(19)12(2)14-4-6-15(17)7-5-14/h3-7,12-13H,1,8-11H2,2H3/t12-/m0/s1. The Labute approximate surface area is 123 Å². The van der Waals surface area contributed by atoms with E-state index in [0.29, 0.717) is 5.92 Å². The highest BCUT2D eigenvalue weighted by Crippen LogP contribution is 2.24. The minimum atomic E-state index is -0.0617. The lowest BCUT2D eigenvalue weighted by molar-refractivity contribution is -0.133. The van der Waals surface area contributed by atoms with Crippen LogP contribution in [0.5, 0.6) is 0 Å². The molecule has 102 valence electrons. The highest BCUT2D eigenvalue weighted by atomic mass is 79.9. The van der Waals surface area contributed by atoms with Crippen molar-refractivity contribution in [3.05, 3.63) is 47.0 Å². The molecular formula is C16H20BrNO. The van der Waals surface area contributed by atoms with Crippen molar-refractivity contribution >= 4 is 21.8 Å². The molecule has 0 aliphatic carbocycles. The molecule has 1 fully saturated rings. The van der Waals surface area contributed by atoms with E-state index in [9.17, 15) is 4.79 Å². The molecule has 2 nitrogen and oxygen atoms in total. The summed E-state index contributed by atoms with van der Waals surface area (Å²) >= 11 is 3.42. The molecule has 2 rings (SSSR count). The van der Waals surface area contributed by atoms with Crippen molar-refractivity contribution in [2.24, 2.45) is 5.92 Å². The zero-order chi connectivity index (χ0) is 13.8. The van der Waals surface area contributed by atoms with Gasteiger partial charge in [0, 0.05) is 17.6 Å². The summed E-state index contributed by atoms with van der Waals surface area (Å²) < 4.78 is 1.04. The van der Waals surface area contributed by atoms with E-state index in [1.807, 2.05) is 42.2 Å². The van der Waals surface area contributed by atoms with E-state index in [-0.39, 0.29) is 11.8 Å². The zero-order valence-electron chi connectivity index (χ0n) is 11.3. The summed E-state index contributed by atoms with van der Waals surface area (Å²) in [5.74, 6) is 0.755. The Morgan fingerprint density at radius 3 is 2.47 bits per heavy atom. The predicted molar refractivity (Wildman–Crippen MR) is 82.1 cm³/mol. The molecule has 1 aliphatic heterocycles. The van der Waals surface area contributed by atoms with E-state index in [1.54, 1.807) is 0 Å². The van der Waals surface area contributed by atoms with Gasteiger partial charge in [0.05, 0.1) is 5.92 Å². The summed E-state index contributed by atoms with van der Waals surface area (Å²) in [7, 11) is 0. The number of hydrogen-bond acceptors (Lipinski definition) is 1. The Bertz CT molecular complexity index is 446. The molecule has 1 heterocycles. The number of nitrogens with zero attached hydrogens (tertiary/aromatic N) is 1. The number of rotatable bonds is 3. The molecule has 0 radical (unpaired) electrons. The van der Waals surface area contributed by atoms with Gasteiger partial charge >= 0.3 is 0 Å². The first-order chi connectivity index (χ1) is 9.11. The molecule has 0 N–H and O–H groups in total. The van der Waals surface area contributed by atoms with Gasteiger partial charge in [0.1, 0.15) is 0 Å². The van der Waals surface area contributed by atoms with Crippen molar-refractivity contribution in [2.75, 3.05) is 13.1 Å². The minimum Gasteiger partial charge on any atom is -0.342 e. The van der Waals surface area contributed by atoms with Crippen LogP contribution >= 0.6 is 15.9 Å². The van der Waals surface area contributed by atoms with Gasteiger partial charge in [-0.1, -0.05) is 34.1 Å². The molecule has 0 saturated carbocycles. The largest absolute Gasteiger partial charge is 0.342 e. The Balaban J connectivity index is 1.99. The number of hydrogen-bond donors (Lipinski definition) is 0. The summed E-state index contributed by atoms with van der Waals surface area (Å²) in [5, 5.41) is 0. The topological polar surface area (TPSA) is 20.3 Å². The lowest BCUT2D eigenvalue weighted by Crippen LogP contribution is -2.40. The van der Waals surface area contributed by atoms with Gasteiger partial charge in [-0.2, -0.15) is 0 Å². The van der Waals surface area contributed by atoms with Gasteiger partial charge in [0.25, 0.3) is 0 Å². The molecule has 1 amide bonds. The van der Waals surface area contributed by atoms with E-state index >= 15 is 0 Å². The summed E-state index contributed by atoms with van der Waals surface area (Å²) in [5.41, 5.74) is 1.08. The SMILES string of the molecule is C=CC1CCN(C(=O)[C@@H](C)c2ccc(Br)cc2)CC1. The van der Waals surface area contributed by atoms with Crippen LogP contribution in [0, 0.1) is 5.92 Å². The zero-order valence-corrected chi connectivity index (χ0v) is 12.9. The van der Waals surface area contributed by atoms with Crippen molar-refractivity contribution in [2.45, 2.75) is 25.7 Å². The van der Waals surface area contributed by atoms with Crippen molar-refractivity contribution in [3.8, 4) is 0 Å². The number of allylic oxidation sites excluding steroid dienone is 1. The quantitative estimate of drug-likeness (QED) is 0.771. The molecule has 0 aromatic heterocycles. The number of benzene rings is 1. The maximum atomic E-state index is 12.5. The molecule has 1 atom stereocenters. The maximum Gasteiger partial charge on any atom is 0.229 e.